The molecule has 3 aromatic rings. The van der Waals surface area contributed by atoms with Crippen molar-refractivity contribution in [3.63, 3.8) is 0 Å². The zero-order valence-electron chi connectivity index (χ0n) is 14.8. The normalized spacial score (nSPS) is 13.6. The van der Waals surface area contributed by atoms with E-state index >= 15 is 0 Å². The summed E-state index contributed by atoms with van der Waals surface area (Å²) in [5, 5.41) is 1.43. The van der Waals surface area contributed by atoms with Gasteiger partial charge in [0.15, 0.2) is 6.73 Å². The summed E-state index contributed by atoms with van der Waals surface area (Å²) >= 11 is 6.46. The Balaban J connectivity index is 1.83. The van der Waals surface area contributed by atoms with E-state index in [0.717, 1.165) is 35.0 Å². The van der Waals surface area contributed by atoms with Gasteiger partial charge in [-0.3, -0.25) is 0 Å². The summed E-state index contributed by atoms with van der Waals surface area (Å²) in [6.07, 6.45) is 1.74. The zero-order valence-corrected chi connectivity index (χ0v) is 15.6. The first-order valence-electron chi connectivity index (χ1n) is 8.85. The third-order valence-corrected chi connectivity index (χ3v) is 5.21. The number of benzene rings is 2. The molecule has 5 heteroatoms. The van der Waals surface area contributed by atoms with Gasteiger partial charge in [0.05, 0.1) is 17.1 Å². The van der Waals surface area contributed by atoms with Crippen LogP contribution in [0.4, 0.5) is 5.69 Å². The van der Waals surface area contributed by atoms with Crippen LogP contribution >= 0.6 is 11.6 Å². The summed E-state index contributed by atoms with van der Waals surface area (Å²) in [5.41, 5.74) is 4.34. The molecule has 0 fully saturated rings. The Bertz CT molecular complexity index is 1020. The van der Waals surface area contributed by atoms with Gasteiger partial charge < -0.3 is 14.1 Å². The first-order valence-corrected chi connectivity index (χ1v) is 9.23. The van der Waals surface area contributed by atoms with Crippen molar-refractivity contribution >= 4 is 28.3 Å². The minimum absolute atomic E-state index is 0.344. The van der Waals surface area contributed by atoms with Crippen LogP contribution in [0.15, 0.2) is 45.6 Å². The van der Waals surface area contributed by atoms with Crippen molar-refractivity contribution in [3.8, 4) is 5.75 Å². The molecule has 4 nitrogen and oxygen atoms in total. The molecule has 26 heavy (non-hydrogen) atoms. The molecule has 0 radical (unpaired) electrons. The molecule has 4 rings (SSSR count). The lowest BCUT2D eigenvalue weighted by molar-refractivity contribution is 0.289. The number of anilines is 1. The molecule has 1 aromatic heterocycles. The summed E-state index contributed by atoms with van der Waals surface area (Å²) < 4.78 is 11.5. The average Bonchev–Trinajstić information content (AvgIpc) is 2.68. The Morgan fingerprint density at radius 2 is 1.88 bits per heavy atom. The fourth-order valence-corrected chi connectivity index (χ4v) is 3.73. The molecular formula is C21H20ClNO3. The van der Waals surface area contributed by atoms with Gasteiger partial charge in [-0.2, -0.15) is 0 Å². The highest BCUT2D eigenvalue weighted by Gasteiger charge is 2.25. The maximum Gasteiger partial charge on any atom is 0.336 e. The van der Waals surface area contributed by atoms with E-state index in [4.69, 9.17) is 20.8 Å². The number of halogens is 1. The maximum absolute atomic E-state index is 12.0. The summed E-state index contributed by atoms with van der Waals surface area (Å²) in [5.74, 6) is 0.608. The summed E-state index contributed by atoms with van der Waals surface area (Å²) in [7, 11) is 0. The van der Waals surface area contributed by atoms with Gasteiger partial charge in [0.25, 0.3) is 0 Å². The van der Waals surface area contributed by atoms with Gasteiger partial charge in [-0.05, 0) is 42.2 Å². The molecule has 0 atom stereocenters. The van der Waals surface area contributed by atoms with Crippen molar-refractivity contribution in [1.29, 1.82) is 0 Å². The van der Waals surface area contributed by atoms with Gasteiger partial charge in [0, 0.05) is 17.1 Å². The zero-order chi connectivity index (χ0) is 18.3. The van der Waals surface area contributed by atoms with Gasteiger partial charge in [0.2, 0.25) is 0 Å². The predicted octanol–water partition coefficient (Wildman–Crippen LogP) is 4.93. The number of hydrogen-bond donors (Lipinski definition) is 0. The average molecular weight is 370 g/mol. The van der Waals surface area contributed by atoms with Crippen LogP contribution in [0, 0.1) is 0 Å². The quantitative estimate of drug-likeness (QED) is 0.614. The number of aryl methyl sites for hydroxylation is 2. The van der Waals surface area contributed by atoms with E-state index in [9.17, 15) is 4.79 Å². The van der Waals surface area contributed by atoms with Gasteiger partial charge in [0.1, 0.15) is 11.3 Å². The molecule has 1 aliphatic rings. The lowest BCUT2D eigenvalue weighted by atomic mass is 10.0. The molecule has 0 saturated heterocycles. The number of nitrogens with zero attached hydrogens (tertiary/aromatic N) is 1. The Morgan fingerprint density at radius 1 is 1.12 bits per heavy atom. The first kappa shape index (κ1) is 17.0. The van der Waals surface area contributed by atoms with Crippen LogP contribution in [0.3, 0.4) is 0 Å². The Kier molecular flexibility index (Phi) is 4.37. The van der Waals surface area contributed by atoms with Gasteiger partial charge in [-0.15, -0.1) is 0 Å². The van der Waals surface area contributed by atoms with E-state index in [1.54, 1.807) is 0 Å². The second-order valence-corrected chi connectivity index (χ2v) is 6.89. The van der Waals surface area contributed by atoms with E-state index in [1.807, 2.05) is 13.0 Å². The molecule has 134 valence electrons. The lowest BCUT2D eigenvalue weighted by Gasteiger charge is -2.31. The first-order chi connectivity index (χ1) is 12.6. The van der Waals surface area contributed by atoms with E-state index in [2.05, 4.69) is 36.1 Å². The van der Waals surface area contributed by atoms with E-state index in [-0.39, 0.29) is 5.63 Å². The smallest absolute Gasteiger partial charge is 0.336 e. The van der Waals surface area contributed by atoms with Gasteiger partial charge in [-0.25, -0.2) is 4.79 Å². The Labute approximate surface area is 156 Å². The number of hydrogen-bond acceptors (Lipinski definition) is 4. The summed E-state index contributed by atoms with van der Waals surface area (Å²) in [4.78, 5) is 14.1. The van der Waals surface area contributed by atoms with Crippen LogP contribution in [0.1, 0.15) is 30.5 Å². The van der Waals surface area contributed by atoms with Crippen LogP contribution in [-0.2, 0) is 19.4 Å². The highest BCUT2D eigenvalue weighted by molar-refractivity contribution is 6.33. The van der Waals surface area contributed by atoms with E-state index < -0.39 is 0 Å². The van der Waals surface area contributed by atoms with Crippen molar-refractivity contribution in [2.75, 3.05) is 11.6 Å². The van der Waals surface area contributed by atoms with Gasteiger partial charge in [-0.1, -0.05) is 37.6 Å². The molecular weight excluding hydrogens is 350 g/mol. The third kappa shape index (κ3) is 2.84. The standard InChI is InChI=1S/C21H20ClNO3/c1-3-13-5-7-15(8-6-13)23-11-17-20-16(10-18(22)21(17)25-12-23)14(4-2)9-19(24)26-20/h5-10H,3-4,11-12H2,1-2H3. The van der Waals surface area contributed by atoms with Crippen LogP contribution < -0.4 is 15.3 Å². The van der Waals surface area contributed by atoms with Crippen molar-refractivity contribution < 1.29 is 9.15 Å². The second-order valence-electron chi connectivity index (χ2n) is 6.48. The molecule has 2 heterocycles. The molecule has 0 aliphatic carbocycles. The van der Waals surface area contributed by atoms with Crippen molar-refractivity contribution in [3.05, 3.63) is 68.5 Å². The second kappa shape index (κ2) is 6.69. The molecule has 0 unspecified atom stereocenters. The van der Waals surface area contributed by atoms with Crippen molar-refractivity contribution in [2.24, 2.45) is 0 Å². The van der Waals surface area contributed by atoms with Gasteiger partial charge >= 0.3 is 5.63 Å². The van der Waals surface area contributed by atoms with Crippen molar-refractivity contribution in [2.45, 2.75) is 33.2 Å². The fraction of sp³-hybridized carbons (Fsp3) is 0.286. The predicted molar refractivity (Wildman–Crippen MR) is 104 cm³/mol. The maximum atomic E-state index is 12.0. The molecule has 0 bridgehead atoms. The SMILES string of the molecule is CCc1ccc(N2COc3c(Cl)cc4c(CC)cc(=O)oc4c3C2)cc1. The molecule has 2 aromatic carbocycles. The lowest BCUT2D eigenvalue weighted by Crippen LogP contribution is -2.32. The van der Waals surface area contributed by atoms with Crippen LogP contribution in [0.25, 0.3) is 11.0 Å². The molecule has 0 spiro atoms. The molecule has 1 aliphatic heterocycles. The molecule has 0 N–H and O–H groups in total. The number of fused-ring (bicyclic) bond motifs is 3. The highest BCUT2D eigenvalue weighted by atomic mass is 35.5. The third-order valence-electron chi connectivity index (χ3n) is 4.93. The molecule has 0 saturated carbocycles. The van der Waals surface area contributed by atoms with Crippen LogP contribution in [0.2, 0.25) is 5.02 Å². The van der Waals surface area contributed by atoms with Crippen LogP contribution in [0.5, 0.6) is 5.75 Å². The Morgan fingerprint density at radius 3 is 2.58 bits per heavy atom. The summed E-state index contributed by atoms with van der Waals surface area (Å²) in [6, 6.07) is 11.8. The monoisotopic (exact) mass is 369 g/mol. The van der Waals surface area contributed by atoms with E-state index in [1.165, 1.54) is 11.6 Å². The highest BCUT2D eigenvalue weighted by Crippen LogP contribution is 2.40. The minimum atomic E-state index is -0.344. The molecule has 0 amide bonds. The fourth-order valence-electron chi connectivity index (χ4n) is 3.45. The minimum Gasteiger partial charge on any atom is -0.471 e. The largest absolute Gasteiger partial charge is 0.471 e. The number of rotatable bonds is 3. The number of ether oxygens (including phenoxy) is 1. The van der Waals surface area contributed by atoms with Crippen molar-refractivity contribution in [1.82, 2.24) is 0 Å². The van der Waals surface area contributed by atoms with E-state index in [0.29, 0.717) is 29.6 Å². The topological polar surface area (TPSA) is 42.7 Å². The Hall–Kier alpha value is -2.46. The van der Waals surface area contributed by atoms with Crippen LogP contribution in [-0.4, -0.2) is 6.73 Å². The summed E-state index contributed by atoms with van der Waals surface area (Å²) in [6.45, 7) is 5.13.